The summed E-state index contributed by atoms with van der Waals surface area (Å²) in [5.74, 6) is 1.22. The smallest absolute Gasteiger partial charge is 0.220 e. The average molecular weight is 302 g/mol. The molecular formula is C14H26N2O3S. The molecule has 2 unspecified atom stereocenters. The number of hydrogen-bond acceptors (Lipinski definition) is 4. The molecule has 0 aromatic heterocycles. The lowest BCUT2D eigenvalue weighted by molar-refractivity contribution is -0.123. The highest BCUT2D eigenvalue weighted by Crippen LogP contribution is 2.26. The molecule has 0 aliphatic carbocycles. The van der Waals surface area contributed by atoms with Crippen molar-refractivity contribution in [3.63, 3.8) is 0 Å². The SMILES string of the molecule is CC(CC(=O)NC1(C)CCS(=O)(=O)C1)C1CCNCC1. The second-order valence-corrected chi connectivity index (χ2v) is 8.90. The minimum Gasteiger partial charge on any atom is -0.350 e. The van der Waals surface area contributed by atoms with Crippen LogP contribution in [-0.2, 0) is 14.6 Å². The van der Waals surface area contributed by atoms with Crippen LogP contribution in [0.15, 0.2) is 0 Å². The summed E-state index contributed by atoms with van der Waals surface area (Å²) in [7, 11) is -2.97. The minimum absolute atomic E-state index is 0.00404. The summed E-state index contributed by atoms with van der Waals surface area (Å²) in [4.78, 5) is 12.1. The van der Waals surface area contributed by atoms with E-state index < -0.39 is 15.4 Å². The van der Waals surface area contributed by atoms with Crippen molar-refractivity contribution >= 4 is 15.7 Å². The van der Waals surface area contributed by atoms with E-state index in [9.17, 15) is 13.2 Å². The van der Waals surface area contributed by atoms with Crippen LogP contribution >= 0.6 is 0 Å². The molecule has 6 heteroatoms. The van der Waals surface area contributed by atoms with Crippen LogP contribution in [0.2, 0.25) is 0 Å². The number of carbonyl (C=O) groups is 1. The van der Waals surface area contributed by atoms with Crippen LogP contribution in [-0.4, -0.2) is 44.5 Å². The van der Waals surface area contributed by atoms with Crippen molar-refractivity contribution in [1.29, 1.82) is 0 Å². The molecule has 116 valence electrons. The highest BCUT2D eigenvalue weighted by Gasteiger charge is 2.39. The van der Waals surface area contributed by atoms with E-state index in [1.165, 1.54) is 0 Å². The maximum Gasteiger partial charge on any atom is 0.220 e. The standard InChI is InChI=1S/C14H26N2O3S/c1-11(12-3-6-15-7-4-12)9-13(17)16-14(2)5-8-20(18,19)10-14/h11-12,15H,3-10H2,1-2H3,(H,16,17). The molecule has 0 aromatic carbocycles. The van der Waals surface area contributed by atoms with Crippen LogP contribution < -0.4 is 10.6 Å². The van der Waals surface area contributed by atoms with Crippen molar-refractivity contribution < 1.29 is 13.2 Å². The number of carbonyl (C=O) groups excluding carboxylic acids is 1. The summed E-state index contributed by atoms with van der Waals surface area (Å²) >= 11 is 0. The predicted octanol–water partition coefficient (Wildman–Crippen LogP) is 0.706. The van der Waals surface area contributed by atoms with Gasteiger partial charge in [0.1, 0.15) is 0 Å². The summed E-state index contributed by atoms with van der Waals surface area (Å²) in [6.45, 7) is 6.03. The Morgan fingerprint density at radius 1 is 1.40 bits per heavy atom. The molecule has 2 fully saturated rings. The van der Waals surface area contributed by atoms with Gasteiger partial charge in [-0.1, -0.05) is 6.92 Å². The molecule has 5 nitrogen and oxygen atoms in total. The Labute approximate surface area is 121 Å². The van der Waals surface area contributed by atoms with E-state index in [0.29, 0.717) is 24.7 Å². The summed E-state index contributed by atoms with van der Waals surface area (Å²) in [5, 5.41) is 6.28. The van der Waals surface area contributed by atoms with Crippen LogP contribution in [0.1, 0.15) is 39.5 Å². The van der Waals surface area contributed by atoms with E-state index in [0.717, 1.165) is 25.9 Å². The molecule has 0 aromatic rings. The number of sulfone groups is 1. The van der Waals surface area contributed by atoms with Gasteiger partial charge in [-0.25, -0.2) is 8.42 Å². The maximum absolute atomic E-state index is 12.1. The van der Waals surface area contributed by atoms with Gasteiger partial charge >= 0.3 is 0 Å². The fourth-order valence-electron chi connectivity index (χ4n) is 3.37. The third-order valence-electron chi connectivity index (χ3n) is 4.64. The van der Waals surface area contributed by atoms with Crippen LogP contribution in [0, 0.1) is 11.8 Å². The molecule has 0 radical (unpaired) electrons. The second-order valence-electron chi connectivity index (χ2n) is 6.72. The van der Waals surface area contributed by atoms with E-state index >= 15 is 0 Å². The predicted molar refractivity (Wildman–Crippen MR) is 79.2 cm³/mol. The molecule has 20 heavy (non-hydrogen) atoms. The van der Waals surface area contributed by atoms with Crippen molar-refractivity contribution in [3.8, 4) is 0 Å². The fourth-order valence-corrected chi connectivity index (χ4v) is 5.46. The molecule has 2 aliphatic heterocycles. The highest BCUT2D eigenvalue weighted by atomic mass is 32.2. The van der Waals surface area contributed by atoms with Gasteiger partial charge < -0.3 is 10.6 Å². The molecule has 2 atom stereocenters. The van der Waals surface area contributed by atoms with E-state index in [2.05, 4.69) is 17.6 Å². The van der Waals surface area contributed by atoms with Crippen LogP contribution in [0.25, 0.3) is 0 Å². The third kappa shape index (κ3) is 4.19. The first-order valence-electron chi connectivity index (χ1n) is 7.52. The minimum atomic E-state index is -2.97. The molecule has 2 heterocycles. The van der Waals surface area contributed by atoms with Crippen molar-refractivity contribution in [2.24, 2.45) is 11.8 Å². The molecule has 2 saturated heterocycles. The maximum atomic E-state index is 12.1. The van der Waals surface area contributed by atoms with E-state index in [4.69, 9.17) is 0 Å². The van der Waals surface area contributed by atoms with Gasteiger partial charge in [0.2, 0.25) is 5.91 Å². The van der Waals surface area contributed by atoms with Gasteiger partial charge in [-0.3, -0.25) is 4.79 Å². The Morgan fingerprint density at radius 3 is 2.60 bits per heavy atom. The first-order valence-corrected chi connectivity index (χ1v) is 9.34. The molecule has 0 bridgehead atoms. The van der Waals surface area contributed by atoms with Crippen molar-refractivity contribution in [3.05, 3.63) is 0 Å². The number of amides is 1. The zero-order valence-electron chi connectivity index (χ0n) is 12.4. The Bertz CT molecular complexity index is 457. The Balaban J connectivity index is 1.83. The number of nitrogens with one attached hydrogen (secondary N) is 2. The van der Waals surface area contributed by atoms with Gasteiger partial charge in [0, 0.05) is 6.42 Å². The first-order chi connectivity index (χ1) is 9.30. The number of hydrogen-bond donors (Lipinski definition) is 2. The lowest BCUT2D eigenvalue weighted by Crippen LogP contribution is -2.47. The highest BCUT2D eigenvalue weighted by molar-refractivity contribution is 7.91. The molecule has 2 rings (SSSR count). The Hall–Kier alpha value is -0.620. The quantitative estimate of drug-likeness (QED) is 0.802. The van der Waals surface area contributed by atoms with E-state index in [1.807, 2.05) is 6.92 Å². The zero-order valence-corrected chi connectivity index (χ0v) is 13.3. The molecule has 2 aliphatic rings. The normalized spacial score (nSPS) is 31.9. The average Bonchev–Trinajstić information content (AvgIpc) is 2.64. The van der Waals surface area contributed by atoms with Crippen LogP contribution in [0.4, 0.5) is 0 Å². The zero-order chi connectivity index (χ0) is 14.8. The fraction of sp³-hybridized carbons (Fsp3) is 0.929. The second kappa shape index (κ2) is 6.02. The Morgan fingerprint density at radius 2 is 2.05 bits per heavy atom. The summed E-state index contributed by atoms with van der Waals surface area (Å²) in [6.07, 6.45) is 3.28. The van der Waals surface area contributed by atoms with Crippen molar-refractivity contribution in [2.45, 2.75) is 45.1 Å². The third-order valence-corrected chi connectivity index (χ3v) is 6.54. The lowest BCUT2D eigenvalue weighted by Gasteiger charge is -2.29. The molecule has 2 N–H and O–H groups in total. The van der Waals surface area contributed by atoms with Gasteiger partial charge in [0.05, 0.1) is 17.0 Å². The molecule has 0 saturated carbocycles. The summed E-state index contributed by atoms with van der Waals surface area (Å²) in [5.41, 5.74) is -0.566. The van der Waals surface area contributed by atoms with Gasteiger partial charge in [-0.05, 0) is 51.1 Å². The van der Waals surface area contributed by atoms with Gasteiger partial charge in [-0.2, -0.15) is 0 Å². The van der Waals surface area contributed by atoms with Gasteiger partial charge in [-0.15, -0.1) is 0 Å². The van der Waals surface area contributed by atoms with Gasteiger partial charge in [0.15, 0.2) is 9.84 Å². The van der Waals surface area contributed by atoms with Crippen LogP contribution in [0.5, 0.6) is 0 Å². The largest absolute Gasteiger partial charge is 0.350 e. The van der Waals surface area contributed by atoms with Crippen LogP contribution in [0.3, 0.4) is 0 Å². The van der Waals surface area contributed by atoms with Crippen molar-refractivity contribution in [2.75, 3.05) is 24.6 Å². The molecular weight excluding hydrogens is 276 g/mol. The molecule has 1 amide bonds. The molecule has 0 spiro atoms. The number of piperidine rings is 1. The monoisotopic (exact) mass is 302 g/mol. The topological polar surface area (TPSA) is 75.3 Å². The first kappa shape index (κ1) is 15.8. The lowest BCUT2D eigenvalue weighted by atomic mass is 9.84. The van der Waals surface area contributed by atoms with E-state index in [1.54, 1.807) is 0 Å². The van der Waals surface area contributed by atoms with E-state index in [-0.39, 0.29) is 17.4 Å². The summed E-state index contributed by atoms with van der Waals surface area (Å²) in [6, 6.07) is 0. The summed E-state index contributed by atoms with van der Waals surface area (Å²) < 4.78 is 23.1. The van der Waals surface area contributed by atoms with Gasteiger partial charge in [0.25, 0.3) is 0 Å². The Kier molecular flexibility index (Phi) is 4.74. The number of rotatable bonds is 4. The van der Waals surface area contributed by atoms with Crippen molar-refractivity contribution in [1.82, 2.24) is 10.6 Å².